The van der Waals surface area contributed by atoms with Gasteiger partial charge in [-0.2, -0.15) is 0 Å². The monoisotopic (exact) mass is 267 g/mol. The molecule has 0 bridgehead atoms. The Morgan fingerprint density at radius 1 is 1.32 bits per heavy atom. The molecule has 0 aromatic carbocycles. The molecule has 5 heteroatoms. The smallest absolute Gasteiger partial charge is 0.292 e. The SMILES string of the molecule is CN(C)CCCOc1cccn(CCCCN)c1=O. The van der Waals surface area contributed by atoms with Gasteiger partial charge in [0.25, 0.3) is 5.56 Å². The predicted octanol–water partition coefficient (Wildman–Crippen LogP) is 0.918. The van der Waals surface area contributed by atoms with Crippen LogP contribution in [0.4, 0.5) is 0 Å². The molecular weight excluding hydrogens is 242 g/mol. The van der Waals surface area contributed by atoms with E-state index in [2.05, 4.69) is 4.90 Å². The van der Waals surface area contributed by atoms with Gasteiger partial charge in [0.05, 0.1) is 6.61 Å². The normalized spacial score (nSPS) is 10.9. The van der Waals surface area contributed by atoms with Gasteiger partial charge in [0.2, 0.25) is 0 Å². The number of unbranched alkanes of at least 4 members (excludes halogenated alkanes) is 1. The molecule has 0 aliphatic rings. The summed E-state index contributed by atoms with van der Waals surface area (Å²) < 4.78 is 7.24. The minimum atomic E-state index is -0.0515. The van der Waals surface area contributed by atoms with Gasteiger partial charge in [-0.15, -0.1) is 0 Å². The quantitative estimate of drug-likeness (QED) is 0.676. The lowest BCUT2D eigenvalue weighted by Gasteiger charge is -2.11. The van der Waals surface area contributed by atoms with Gasteiger partial charge in [-0.25, -0.2) is 0 Å². The van der Waals surface area contributed by atoms with Gasteiger partial charge in [0.1, 0.15) is 0 Å². The van der Waals surface area contributed by atoms with Crippen molar-refractivity contribution in [3.05, 3.63) is 28.7 Å². The molecule has 0 saturated carbocycles. The highest BCUT2D eigenvalue weighted by atomic mass is 16.5. The molecule has 1 aromatic heterocycles. The van der Waals surface area contributed by atoms with Gasteiger partial charge in [0.15, 0.2) is 5.75 Å². The predicted molar refractivity (Wildman–Crippen MR) is 77.7 cm³/mol. The van der Waals surface area contributed by atoms with E-state index in [0.29, 0.717) is 25.4 Å². The average molecular weight is 267 g/mol. The second-order valence-corrected chi connectivity index (χ2v) is 4.87. The molecule has 0 saturated heterocycles. The van der Waals surface area contributed by atoms with E-state index >= 15 is 0 Å². The van der Waals surface area contributed by atoms with Crippen molar-refractivity contribution in [3.8, 4) is 5.75 Å². The van der Waals surface area contributed by atoms with Crippen molar-refractivity contribution in [1.29, 1.82) is 0 Å². The maximum atomic E-state index is 12.1. The molecule has 19 heavy (non-hydrogen) atoms. The Morgan fingerprint density at radius 3 is 2.79 bits per heavy atom. The van der Waals surface area contributed by atoms with Crippen LogP contribution < -0.4 is 16.0 Å². The molecule has 0 unspecified atom stereocenters. The number of aromatic nitrogens is 1. The van der Waals surface area contributed by atoms with Gasteiger partial charge in [-0.1, -0.05) is 0 Å². The van der Waals surface area contributed by atoms with Crippen molar-refractivity contribution >= 4 is 0 Å². The van der Waals surface area contributed by atoms with Crippen molar-refractivity contribution in [3.63, 3.8) is 0 Å². The number of aryl methyl sites for hydroxylation is 1. The van der Waals surface area contributed by atoms with Gasteiger partial charge in [-0.05, 0) is 52.0 Å². The molecule has 0 amide bonds. The third kappa shape index (κ3) is 5.89. The van der Waals surface area contributed by atoms with E-state index in [1.807, 2.05) is 20.2 Å². The van der Waals surface area contributed by atoms with Crippen LogP contribution in [0.3, 0.4) is 0 Å². The lowest BCUT2D eigenvalue weighted by Crippen LogP contribution is -2.23. The Morgan fingerprint density at radius 2 is 2.11 bits per heavy atom. The summed E-state index contributed by atoms with van der Waals surface area (Å²) in [5.41, 5.74) is 5.40. The summed E-state index contributed by atoms with van der Waals surface area (Å²) in [7, 11) is 4.04. The Kier molecular flexibility index (Phi) is 7.22. The topological polar surface area (TPSA) is 60.5 Å². The Hall–Kier alpha value is -1.33. The highest BCUT2D eigenvalue weighted by Gasteiger charge is 2.04. The minimum absolute atomic E-state index is 0.0515. The van der Waals surface area contributed by atoms with Crippen molar-refractivity contribution in [2.45, 2.75) is 25.8 Å². The first-order valence-electron chi connectivity index (χ1n) is 6.82. The minimum Gasteiger partial charge on any atom is -0.488 e. The third-order valence-electron chi connectivity index (χ3n) is 2.85. The van der Waals surface area contributed by atoms with Gasteiger partial charge < -0.3 is 19.9 Å². The van der Waals surface area contributed by atoms with Crippen LogP contribution in [0.5, 0.6) is 5.75 Å². The summed E-state index contributed by atoms with van der Waals surface area (Å²) in [6, 6.07) is 3.59. The van der Waals surface area contributed by atoms with Crippen LogP contribution in [0, 0.1) is 0 Å². The summed E-state index contributed by atoms with van der Waals surface area (Å²) >= 11 is 0. The third-order valence-corrected chi connectivity index (χ3v) is 2.85. The standard InChI is InChI=1S/C14H25N3O2/c1-16(2)9-6-12-19-13-7-5-11-17(14(13)18)10-4-3-8-15/h5,7,11H,3-4,6,8-10,12,15H2,1-2H3. The summed E-state index contributed by atoms with van der Waals surface area (Å²) in [6.45, 7) is 2.89. The molecule has 0 radical (unpaired) electrons. The number of pyridine rings is 1. The van der Waals surface area contributed by atoms with Crippen molar-refractivity contribution in [1.82, 2.24) is 9.47 Å². The van der Waals surface area contributed by atoms with Crippen molar-refractivity contribution < 1.29 is 4.74 Å². The van der Waals surface area contributed by atoms with E-state index in [0.717, 1.165) is 25.8 Å². The van der Waals surface area contributed by atoms with E-state index in [1.54, 1.807) is 16.8 Å². The van der Waals surface area contributed by atoms with Gasteiger partial charge in [-0.3, -0.25) is 4.79 Å². The number of hydrogen-bond acceptors (Lipinski definition) is 4. The van der Waals surface area contributed by atoms with Gasteiger partial charge in [0, 0.05) is 19.3 Å². The Bertz CT molecular complexity index is 415. The van der Waals surface area contributed by atoms with Crippen LogP contribution >= 0.6 is 0 Å². The Labute approximate surface area is 115 Å². The van der Waals surface area contributed by atoms with Crippen LogP contribution in [-0.4, -0.2) is 43.3 Å². The van der Waals surface area contributed by atoms with E-state index in [4.69, 9.17) is 10.5 Å². The number of nitrogens with two attached hydrogens (primary N) is 1. The first kappa shape index (κ1) is 15.7. The second kappa shape index (κ2) is 8.72. The van der Waals surface area contributed by atoms with Crippen LogP contribution in [-0.2, 0) is 6.54 Å². The number of hydrogen-bond donors (Lipinski definition) is 1. The van der Waals surface area contributed by atoms with Crippen LogP contribution in [0.15, 0.2) is 23.1 Å². The lowest BCUT2D eigenvalue weighted by atomic mass is 10.3. The zero-order valence-corrected chi connectivity index (χ0v) is 12.0. The highest BCUT2D eigenvalue weighted by Crippen LogP contribution is 2.03. The lowest BCUT2D eigenvalue weighted by molar-refractivity contribution is 0.276. The van der Waals surface area contributed by atoms with E-state index < -0.39 is 0 Å². The fourth-order valence-electron chi connectivity index (χ4n) is 1.79. The molecule has 0 spiro atoms. The molecular formula is C14H25N3O2. The molecule has 5 nitrogen and oxygen atoms in total. The van der Waals surface area contributed by atoms with E-state index in [-0.39, 0.29) is 5.56 Å². The van der Waals surface area contributed by atoms with Crippen molar-refractivity contribution in [2.75, 3.05) is 33.8 Å². The zero-order chi connectivity index (χ0) is 14.1. The number of nitrogens with zero attached hydrogens (tertiary/aromatic N) is 2. The molecule has 0 aliphatic carbocycles. The molecule has 0 fully saturated rings. The largest absolute Gasteiger partial charge is 0.488 e. The summed E-state index contributed by atoms with van der Waals surface area (Å²) in [5.74, 6) is 0.439. The molecule has 1 heterocycles. The zero-order valence-electron chi connectivity index (χ0n) is 12.0. The average Bonchev–Trinajstić information content (AvgIpc) is 2.38. The second-order valence-electron chi connectivity index (χ2n) is 4.87. The van der Waals surface area contributed by atoms with Crippen LogP contribution in [0.2, 0.25) is 0 Å². The summed E-state index contributed by atoms with van der Waals surface area (Å²) in [4.78, 5) is 14.2. The first-order chi connectivity index (χ1) is 9.15. The van der Waals surface area contributed by atoms with Gasteiger partial charge >= 0.3 is 0 Å². The summed E-state index contributed by atoms with van der Waals surface area (Å²) in [5, 5.41) is 0. The Balaban J connectivity index is 2.49. The van der Waals surface area contributed by atoms with Crippen LogP contribution in [0.25, 0.3) is 0 Å². The number of rotatable bonds is 9. The molecule has 108 valence electrons. The van der Waals surface area contributed by atoms with Crippen LogP contribution in [0.1, 0.15) is 19.3 Å². The van der Waals surface area contributed by atoms with E-state index in [9.17, 15) is 4.79 Å². The first-order valence-corrected chi connectivity index (χ1v) is 6.82. The summed E-state index contributed by atoms with van der Waals surface area (Å²) in [6.07, 6.45) is 4.56. The molecule has 2 N–H and O–H groups in total. The molecule has 1 rings (SSSR count). The fourth-order valence-corrected chi connectivity index (χ4v) is 1.79. The highest BCUT2D eigenvalue weighted by molar-refractivity contribution is 5.17. The van der Waals surface area contributed by atoms with E-state index in [1.165, 1.54) is 0 Å². The fraction of sp³-hybridized carbons (Fsp3) is 0.643. The maximum absolute atomic E-state index is 12.1. The molecule has 0 aliphatic heterocycles. The maximum Gasteiger partial charge on any atom is 0.292 e. The van der Waals surface area contributed by atoms with Crippen molar-refractivity contribution in [2.24, 2.45) is 5.73 Å². The molecule has 0 atom stereocenters. The number of ether oxygens (including phenoxy) is 1. The molecule has 1 aromatic rings.